The average Bonchev–Trinajstić information content (AvgIpc) is 3.06. The molecular formula is C17H20N2O2. The summed E-state index contributed by atoms with van der Waals surface area (Å²) in [6, 6.07) is 14.2. The highest BCUT2D eigenvalue weighted by atomic mass is 16.5. The molecule has 2 N–H and O–H groups in total. The Hall–Kier alpha value is -2.07. The molecule has 0 radical (unpaired) electrons. The monoisotopic (exact) mass is 284 g/mol. The quantitative estimate of drug-likeness (QED) is 0.825. The van der Waals surface area contributed by atoms with Crippen LogP contribution in [0.4, 0.5) is 0 Å². The number of benzene rings is 2. The van der Waals surface area contributed by atoms with Gasteiger partial charge in [0.2, 0.25) is 5.91 Å². The third kappa shape index (κ3) is 3.52. The van der Waals surface area contributed by atoms with Crippen LogP contribution in [-0.2, 0) is 4.79 Å². The molecule has 0 saturated carbocycles. The highest BCUT2D eigenvalue weighted by molar-refractivity contribution is 5.83. The van der Waals surface area contributed by atoms with Crippen LogP contribution in [-0.4, -0.2) is 32.1 Å². The first-order chi connectivity index (χ1) is 10.3. The highest BCUT2D eigenvalue weighted by Gasteiger charge is 2.21. The molecule has 1 aliphatic rings. The van der Waals surface area contributed by atoms with Gasteiger partial charge >= 0.3 is 0 Å². The first kappa shape index (κ1) is 13.9. The van der Waals surface area contributed by atoms with E-state index in [0.717, 1.165) is 30.6 Å². The van der Waals surface area contributed by atoms with E-state index in [1.807, 2.05) is 30.3 Å². The summed E-state index contributed by atoms with van der Waals surface area (Å²) in [5.74, 6) is 1.08. The van der Waals surface area contributed by atoms with Gasteiger partial charge in [-0.2, -0.15) is 0 Å². The van der Waals surface area contributed by atoms with Crippen molar-refractivity contribution < 1.29 is 9.53 Å². The van der Waals surface area contributed by atoms with E-state index in [9.17, 15) is 4.79 Å². The van der Waals surface area contributed by atoms with E-state index in [1.165, 1.54) is 5.39 Å². The van der Waals surface area contributed by atoms with Gasteiger partial charge in [0.1, 0.15) is 12.4 Å². The Kier molecular flexibility index (Phi) is 4.36. The third-order valence-corrected chi connectivity index (χ3v) is 3.82. The standard InChI is InChI=1S/C17H20N2O2/c20-17(15-7-8-18-12-15)19-9-10-21-16-6-5-13-3-1-2-4-14(13)11-16/h1-6,11,15,18H,7-10,12H2,(H,19,20). The van der Waals surface area contributed by atoms with Gasteiger partial charge < -0.3 is 15.4 Å². The topological polar surface area (TPSA) is 50.4 Å². The van der Waals surface area contributed by atoms with Crippen molar-refractivity contribution in [3.05, 3.63) is 42.5 Å². The van der Waals surface area contributed by atoms with Gasteiger partial charge in [-0.05, 0) is 35.9 Å². The summed E-state index contributed by atoms with van der Waals surface area (Å²) in [7, 11) is 0. The first-order valence-corrected chi connectivity index (χ1v) is 7.43. The number of carbonyl (C=O) groups excluding carboxylic acids is 1. The van der Waals surface area contributed by atoms with Gasteiger partial charge in [-0.1, -0.05) is 30.3 Å². The number of fused-ring (bicyclic) bond motifs is 1. The maximum absolute atomic E-state index is 11.8. The second-order valence-corrected chi connectivity index (χ2v) is 5.34. The van der Waals surface area contributed by atoms with Crippen LogP contribution in [0.1, 0.15) is 6.42 Å². The second-order valence-electron chi connectivity index (χ2n) is 5.34. The number of amides is 1. The molecule has 0 aromatic heterocycles. The normalized spacial score (nSPS) is 17.8. The molecule has 1 unspecified atom stereocenters. The maximum atomic E-state index is 11.8. The van der Waals surface area contributed by atoms with Crippen molar-refractivity contribution in [2.24, 2.45) is 5.92 Å². The summed E-state index contributed by atoms with van der Waals surface area (Å²) in [5, 5.41) is 8.49. The predicted octanol–water partition coefficient (Wildman–Crippen LogP) is 1.94. The lowest BCUT2D eigenvalue weighted by Crippen LogP contribution is -2.34. The predicted molar refractivity (Wildman–Crippen MR) is 83.4 cm³/mol. The van der Waals surface area contributed by atoms with E-state index in [2.05, 4.69) is 22.8 Å². The van der Waals surface area contributed by atoms with E-state index >= 15 is 0 Å². The number of ether oxygens (including phenoxy) is 1. The summed E-state index contributed by atoms with van der Waals surface area (Å²) in [6.45, 7) is 2.76. The van der Waals surface area contributed by atoms with Crippen molar-refractivity contribution in [2.75, 3.05) is 26.2 Å². The fraction of sp³-hybridized carbons (Fsp3) is 0.353. The minimum Gasteiger partial charge on any atom is -0.492 e. The molecule has 1 fully saturated rings. The molecule has 4 heteroatoms. The van der Waals surface area contributed by atoms with E-state index in [4.69, 9.17) is 4.74 Å². The molecule has 1 saturated heterocycles. The van der Waals surface area contributed by atoms with Gasteiger partial charge in [0.15, 0.2) is 0 Å². The van der Waals surface area contributed by atoms with Crippen LogP contribution in [0.25, 0.3) is 10.8 Å². The Morgan fingerprint density at radius 2 is 2.10 bits per heavy atom. The molecule has 110 valence electrons. The van der Waals surface area contributed by atoms with Crippen LogP contribution < -0.4 is 15.4 Å². The Labute approximate surface area is 124 Å². The van der Waals surface area contributed by atoms with Gasteiger partial charge in [-0.25, -0.2) is 0 Å². The number of carbonyl (C=O) groups is 1. The molecule has 21 heavy (non-hydrogen) atoms. The molecule has 3 rings (SSSR count). The lowest BCUT2D eigenvalue weighted by Gasteiger charge is -2.11. The van der Waals surface area contributed by atoms with Gasteiger partial charge in [0.05, 0.1) is 12.5 Å². The van der Waals surface area contributed by atoms with Crippen molar-refractivity contribution in [2.45, 2.75) is 6.42 Å². The van der Waals surface area contributed by atoms with Crippen molar-refractivity contribution in [1.82, 2.24) is 10.6 Å². The van der Waals surface area contributed by atoms with Gasteiger partial charge in [0, 0.05) is 6.54 Å². The lowest BCUT2D eigenvalue weighted by atomic mass is 10.1. The zero-order valence-corrected chi connectivity index (χ0v) is 12.0. The smallest absolute Gasteiger partial charge is 0.224 e. The van der Waals surface area contributed by atoms with E-state index in [-0.39, 0.29) is 11.8 Å². The van der Waals surface area contributed by atoms with Crippen molar-refractivity contribution in [3.8, 4) is 5.75 Å². The molecule has 2 aromatic carbocycles. The van der Waals surface area contributed by atoms with Crippen LogP contribution in [0.5, 0.6) is 5.75 Å². The van der Waals surface area contributed by atoms with E-state index in [1.54, 1.807) is 0 Å². The van der Waals surface area contributed by atoms with Crippen LogP contribution in [0.3, 0.4) is 0 Å². The molecule has 1 amide bonds. The first-order valence-electron chi connectivity index (χ1n) is 7.43. The molecular weight excluding hydrogens is 264 g/mol. The summed E-state index contributed by atoms with van der Waals surface area (Å²) < 4.78 is 5.70. The van der Waals surface area contributed by atoms with Crippen LogP contribution >= 0.6 is 0 Å². The number of rotatable bonds is 5. The molecule has 0 bridgehead atoms. The second kappa shape index (κ2) is 6.59. The lowest BCUT2D eigenvalue weighted by molar-refractivity contribution is -0.124. The van der Waals surface area contributed by atoms with Crippen molar-refractivity contribution in [3.63, 3.8) is 0 Å². The molecule has 4 nitrogen and oxygen atoms in total. The highest BCUT2D eigenvalue weighted by Crippen LogP contribution is 2.20. The minimum atomic E-state index is 0.116. The average molecular weight is 284 g/mol. The zero-order chi connectivity index (χ0) is 14.5. The Bertz CT molecular complexity index is 621. The third-order valence-electron chi connectivity index (χ3n) is 3.82. The minimum absolute atomic E-state index is 0.116. The Morgan fingerprint density at radius 1 is 1.24 bits per heavy atom. The summed E-state index contributed by atoms with van der Waals surface area (Å²) in [5.41, 5.74) is 0. The summed E-state index contributed by atoms with van der Waals surface area (Å²) in [4.78, 5) is 11.8. The molecule has 0 aliphatic carbocycles. The fourth-order valence-corrected chi connectivity index (χ4v) is 2.62. The van der Waals surface area contributed by atoms with Gasteiger partial charge in [-0.15, -0.1) is 0 Å². The van der Waals surface area contributed by atoms with Crippen molar-refractivity contribution >= 4 is 16.7 Å². The molecule has 0 spiro atoms. The Morgan fingerprint density at radius 3 is 2.90 bits per heavy atom. The molecule has 1 atom stereocenters. The van der Waals surface area contributed by atoms with Crippen molar-refractivity contribution in [1.29, 1.82) is 0 Å². The summed E-state index contributed by atoms with van der Waals surface area (Å²) >= 11 is 0. The molecule has 2 aromatic rings. The van der Waals surface area contributed by atoms with Crippen LogP contribution in [0.2, 0.25) is 0 Å². The van der Waals surface area contributed by atoms with E-state index in [0.29, 0.717) is 13.2 Å². The Balaban J connectivity index is 1.46. The fourth-order valence-electron chi connectivity index (χ4n) is 2.62. The molecule has 1 aliphatic heterocycles. The number of hydrogen-bond acceptors (Lipinski definition) is 3. The number of hydrogen-bond donors (Lipinski definition) is 2. The number of nitrogens with one attached hydrogen (secondary N) is 2. The van der Waals surface area contributed by atoms with Gasteiger partial charge in [0.25, 0.3) is 0 Å². The van der Waals surface area contributed by atoms with Crippen LogP contribution in [0, 0.1) is 5.92 Å². The van der Waals surface area contributed by atoms with Gasteiger partial charge in [-0.3, -0.25) is 4.79 Å². The van der Waals surface area contributed by atoms with Crippen LogP contribution in [0.15, 0.2) is 42.5 Å². The largest absolute Gasteiger partial charge is 0.492 e. The van der Waals surface area contributed by atoms with E-state index < -0.39 is 0 Å². The molecule has 1 heterocycles. The maximum Gasteiger partial charge on any atom is 0.224 e. The zero-order valence-electron chi connectivity index (χ0n) is 12.0. The summed E-state index contributed by atoms with van der Waals surface area (Å²) in [6.07, 6.45) is 0.928. The SMILES string of the molecule is O=C(NCCOc1ccc2ccccc2c1)C1CCNC1.